The average Bonchev–Trinajstić information content (AvgIpc) is 2.68. The predicted molar refractivity (Wildman–Crippen MR) is 70.9 cm³/mol. The molecule has 0 fully saturated rings. The Balaban J connectivity index is 1.80. The second-order valence-electron chi connectivity index (χ2n) is 5.29. The van der Waals surface area contributed by atoms with E-state index in [1.165, 1.54) is 23.3 Å². The molecule has 0 atom stereocenters. The zero-order chi connectivity index (χ0) is 12.6. The summed E-state index contributed by atoms with van der Waals surface area (Å²) in [4.78, 5) is 0. The average molecular weight is 241 g/mol. The largest absolute Gasteiger partial charge is 0.324 e. The van der Waals surface area contributed by atoms with Gasteiger partial charge in [0.1, 0.15) is 5.82 Å². The smallest absolute Gasteiger partial charge is 0.123 e. The molecule has 0 bridgehead atoms. The van der Waals surface area contributed by atoms with E-state index in [0.29, 0.717) is 0 Å². The van der Waals surface area contributed by atoms with Crippen LogP contribution in [0.5, 0.6) is 0 Å². The highest BCUT2D eigenvalue weighted by atomic mass is 19.1. The van der Waals surface area contributed by atoms with Crippen molar-refractivity contribution in [2.24, 2.45) is 5.73 Å². The number of hydrogen-bond acceptors (Lipinski definition) is 1. The molecular weight excluding hydrogens is 225 g/mol. The number of fused-ring (bicyclic) bond motifs is 1. The summed E-state index contributed by atoms with van der Waals surface area (Å²) in [7, 11) is 0. The van der Waals surface area contributed by atoms with E-state index >= 15 is 0 Å². The molecule has 0 unspecified atom stereocenters. The third-order valence-corrected chi connectivity index (χ3v) is 3.67. The fourth-order valence-corrected chi connectivity index (χ4v) is 2.86. The van der Waals surface area contributed by atoms with Crippen molar-refractivity contribution in [2.45, 2.75) is 24.8 Å². The van der Waals surface area contributed by atoms with Crippen molar-refractivity contribution in [3.63, 3.8) is 0 Å². The van der Waals surface area contributed by atoms with Crippen LogP contribution in [0, 0.1) is 5.82 Å². The molecule has 0 aliphatic heterocycles. The van der Waals surface area contributed by atoms with E-state index in [0.717, 1.165) is 24.8 Å². The van der Waals surface area contributed by atoms with Gasteiger partial charge in [0.25, 0.3) is 0 Å². The van der Waals surface area contributed by atoms with Gasteiger partial charge in [-0.15, -0.1) is 0 Å². The maximum absolute atomic E-state index is 12.9. The van der Waals surface area contributed by atoms with Crippen LogP contribution in [-0.4, -0.2) is 5.54 Å². The molecule has 1 nitrogen and oxygen atoms in total. The number of hydrogen-bond donors (Lipinski definition) is 1. The molecule has 2 aromatic carbocycles. The second kappa shape index (κ2) is 4.21. The van der Waals surface area contributed by atoms with E-state index in [4.69, 9.17) is 5.73 Å². The lowest BCUT2D eigenvalue weighted by molar-refractivity contribution is 0.446. The number of benzene rings is 2. The fraction of sp³-hybridized carbons (Fsp3) is 0.250. The molecule has 2 aromatic rings. The van der Waals surface area contributed by atoms with E-state index in [-0.39, 0.29) is 11.4 Å². The molecule has 2 N–H and O–H groups in total. The van der Waals surface area contributed by atoms with Crippen molar-refractivity contribution in [1.82, 2.24) is 0 Å². The van der Waals surface area contributed by atoms with Gasteiger partial charge in [0.05, 0.1) is 0 Å². The Morgan fingerprint density at radius 2 is 1.50 bits per heavy atom. The van der Waals surface area contributed by atoms with Crippen molar-refractivity contribution < 1.29 is 4.39 Å². The molecule has 0 amide bonds. The molecule has 0 saturated heterocycles. The molecule has 0 radical (unpaired) electrons. The van der Waals surface area contributed by atoms with Crippen LogP contribution >= 0.6 is 0 Å². The Labute approximate surface area is 106 Å². The van der Waals surface area contributed by atoms with Crippen LogP contribution < -0.4 is 5.73 Å². The first-order valence-corrected chi connectivity index (χ1v) is 6.25. The zero-order valence-electron chi connectivity index (χ0n) is 10.2. The van der Waals surface area contributed by atoms with Crippen LogP contribution in [0.2, 0.25) is 0 Å². The van der Waals surface area contributed by atoms with E-state index in [1.807, 2.05) is 12.1 Å². The highest BCUT2D eigenvalue weighted by Gasteiger charge is 2.33. The number of nitrogens with two attached hydrogens (primary N) is 1. The molecule has 0 saturated carbocycles. The van der Waals surface area contributed by atoms with Crippen LogP contribution in [0.1, 0.15) is 16.7 Å². The van der Waals surface area contributed by atoms with Gasteiger partial charge in [-0.05, 0) is 48.1 Å². The first-order chi connectivity index (χ1) is 8.65. The molecule has 1 aliphatic rings. The zero-order valence-corrected chi connectivity index (χ0v) is 10.2. The Hall–Kier alpha value is -1.67. The lowest BCUT2D eigenvalue weighted by Gasteiger charge is -2.23. The van der Waals surface area contributed by atoms with Crippen molar-refractivity contribution >= 4 is 0 Å². The minimum Gasteiger partial charge on any atom is -0.324 e. The SMILES string of the molecule is NC1(Cc2ccc(F)cc2)Cc2ccccc2C1. The Morgan fingerprint density at radius 1 is 0.944 bits per heavy atom. The van der Waals surface area contributed by atoms with E-state index in [2.05, 4.69) is 24.3 Å². The molecule has 0 spiro atoms. The summed E-state index contributed by atoms with van der Waals surface area (Å²) in [6.45, 7) is 0. The van der Waals surface area contributed by atoms with Crippen LogP contribution in [0.25, 0.3) is 0 Å². The third-order valence-electron chi connectivity index (χ3n) is 3.67. The van der Waals surface area contributed by atoms with Gasteiger partial charge >= 0.3 is 0 Å². The quantitative estimate of drug-likeness (QED) is 0.859. The Kier molecular flexibility index (Phi) is 2.67. The number of rotatable bonds is 2. The minimum atomic E-state index is -0.221. The Morgan fingerprint density at radius 3 is 2.06 bits per heavy atom. The second-order valence-corrected chi connectivity index (χ2v) is 5.29. The van der Waals surface area contributed by atoms with Gasteiger partial charge in [0.2, 0.25) is 0 Å². The Bertz CT molecular complexity index is 535. The van der Waals surface area contributed by atoms with Gasteiger partial charge in [0, 0.05) is 5.54 Å². The van der Waals surface area contributed by atoms with E-state index in [1.54, 1.807) is 0 Å². The van der Waals surface area contributed by atoms with Crippen molar-refractivity contribution in [2.75, 3.05) is 0 Å². The van der Waals surface area contributed by atoms with Gasteiger partial charge in [-0.25, -0.2) is 4.39 Å². The molecule has 1 aliphatic carbocycles. The van der Waals surface area contributed by atoms with Crippen LogP contribution in [0.15, 0.2) is 48.5 Å². The van der Waals surface area contributed by atoms with Crippen molar-refractivity contribution in [1.29, 1.82) is 0 Å². The minimum absolute atomic E-state index is 0.195. The molecule has 2 heteroatoms. The van der Waals surface area contributed by atoms with Gasteiger partial charge in [0.15, 0.2) is 0 Å². The summed E-state index contributed by atoms with van der Waals surface area (Å²) in [5.74, 6) is -0.195. The number of halogens is 1. The summed E-state index contributed by atoms with van der Waals surface area (Å²) in [6.07, 6.45) is 2.60. The lowest BCUT2D eigenvalue weighted by atomic mass is 9.89. The van der Waals surface area contributed by atoms with Crippen LogP contribution in [-0.2, 0) is 19.3 Å². The standard InChI is InChI=1S/C16H16FN/c17-15-7-5-12(6-8-15)9-16(18)10-13-3-1-2-4-14(13)11-16/h1-8H,9-11,18H2. The summed E-state index contributed by atoms with van der Waals surface area (Å²) in [5, 5.41) is 0. The molecule has 92 valence electrons. The summed E-state index contributed by atoms with van der Waals surface area (Å²) in [5.41, 5.74) is 10.1. The highest BCUT2D eigenvalue weighted by molar-refractivity contribution is 5.37. The van der Waals surface area contributed by atoms with Crippen molar-refractivity contribution in [3.8, 4) is 0 Å². The lowest BCUT2D eigenvalue weighted by Crippen LogP contribution is -2.42. The van der Waals surface area contributed by atoms with E-state index < -0.39 is 0 Å². The summed E-state index contributed by atoms with van der Waals surface area (Å²) >= 11 is 0. The highest BCUT2D eigenvalue weighted by Crippen LogP contribution is 2.30. The normalized spacial score (nSPS) is 16.6. The van der Waals surface area contributed by atoms with E-state index in [9.17, 15) is 4.39 Å². The topological polar surface area (TPSA) is 26.0 Å². The van der Waals surface area contributed by atoms with Gasteiger partial charge < -0.3 is 5.73 Å². The first-order valence-electron chi connectivity index (χ1n) is 6.25. The van der Waals surface area contributed by atoms with Crippen LogP contribution in [0.3, 0.4) is 0 Å². The maximum atomic E-state index is 12.9. The molecule has 18 heavy (non-hydrogen) atoms. The molecule has 0 aromatic heterocycles. The molecule has 0 heterocycles. The molecular formula is C16H16FN. The van der Waals surface area contributed by atoms with Crippen molar-refractivity contribution in [3.05, 3.63) is 71.0 Å². The summed E-state index contributed by atoms with van der Waals surface area (Å²) < 4.78 is 12.9. The monoisotopic (exact) mass is 241 g/mol. The maximum Gasteiger partial charge on any atom is 0.123 e. The molecule has 3 rings (SSSR count). The third kappa shape index (κ3) is 2.16. The fourth-order valence-electron chi connectivity index (χ4n) is 2.86. The first kappa shape index (κ1) is 11.4. The van der Waals surface area contributed by atoms with Gasteiger partial charge in [-0.3, -0.25) is 0 Å². The summed E-state index contributed by atoms with van der Waals surface area (Å²) in [6, 6.07) is 15.1. The van der Waals surface area contributed by atoms with Gasteiger partial charge in [-0.2, -0.15) is 0 Å². The van der Waals surface area contributed by atoms with Gasteiger partial charge in [-0.1, -0.05) is 36.4 Å². The predicted octanol–water partition coefficient (Wildman–Crippen LogP) is 2.86. The van der Waals surface area contributed by atoms with Crippen LogP contribution in [0.4, 0.5) is 4.39 Å².